The SMILES string of the molecule is O=C(O)CNc1ccc(S(=O)(=O)N2CCOCC2)cc1. The van der Waals surface area contributed by atoms with Crippen LogP contribution >= 0.6 is 0 Å². The van der Waals surface area contributed by atoms with Gasteiger partial charge in [-0.15, -0.1) is 0 Å². The molecule has 1 heterocycles. The number of nitrogens with zero attached hydrogens (tertiary/aromatic N) is 1. The van der Waals surface area contributed by atoms with Crippen LogP contribution in [-0.2, 0) is 19.6 Å². The van der Waals surface area contributed by atoms with E-state index in [2.05, 4.69) is 5.32 Å². The molecule has 1 saturated heterocycles. The van der Waals surface area contributed by atoms with Gasteiger partial charge in [0.2, 0.25) is 10.0 Å². The van der Waals surface area contributed by atoms with Crippen LogP contribution in [0.1, 0.15) is 0 Å². The Morgan fingerprint density at radius 3 is 2.40 bits per heavy atom. The number of benzene rings is 1. The van der Waals surface area contributed by atoms with Gasteiger partial charge in [0.05, 0.1) is 18.1 Å². The number of anilines is 1. The van der Waals surface area contributed by atoms with Crippen LogP contribution in [0, 0.1) is 0 Å². The molecule has 20 heavy (non-hydrogen) atoms. The number of aliphatic carboxylic acids is 1. The fraction of sp³-hybridized carbons (Fsp3) is 0.417. The first-order chi connectivity index (χ1) is 9.50. The second-order valence-electron chi connectivity index (χ2n) is 4.29. The van der Waals surface area contributed by atoms with E-state index in [4.69, 9.17) is 9.84 Å². The van der Waals surface area contributed by atoms with Gasteiger partial charge in [-0.1, -0.05) is 0 Å². The van der Waals surface area contributed by atoms with E-state index < -0.39 is 16.0 Å². The van der Waals surface area contributed by atoms with Gasteiger partial charge >= 0.3 is 5.97 Å². The summed E-state index contributed by atoms with van der Waals surface area (Å²) in [4.78, 5) is 10.6. The molecule has 7 nitrogen and oxygen atoms in total. The Balaban J connectivity index is 2.10. The summed E-state index contributed by atoms with van der Waals surface area (Å²) >= 11 is 0. The highest BCUT2D eigenvalue weighted by Gasteiger charge is 2.25. The van der Waals surface area contributed by atoms with Crippen LogP contribution in [0.15, 0.2) is 29.2 Å². The second kappa shape index (κ2) is 6.21. The molecule has 0 atom stereocenters. The number of morpholine rings is 1. The Hall–Kier alpha value is -1.64. The normalized spacial score (nSPS) is 16.8. The number of sulfonamides is 1. The van der Waals surface area contributed by atoms with E-state index in [1.54, 1.807) is 12.1 Å². The van der Waals surface area contributed by atoms with Crippen molar-refractivity contribution in [3.8, 4) is 0 Å². The van der Waals surface area contributed by atoms with Crippen LogP contribution in [0.5, 0.6) is 0 Å². The molecular formula is C12H16N2O5S. The molecular weight excluding hydrogens is 284 g/mol. The maximum atomic E-state index is 12.3. The molecule has 1 aromatic carbocycles. The van der Waals surface area contributed by atoms with Crippen molar-refractivity contribution in [1.29, 1.82) is 0 Å². The van der Waals surface area contributed by atoms with Gasteiger partial charge < -0.3 is 15.2 Å². The minimum absolute atomic E-state index is 0.195. The third-order valence-corrected chi connectivity index (χ3v) is 4.82. The smallest absolute Gasteiger partial charge is 0.322 e. The lowest BCUT2D eigenvalue weighted by atomic mass is 10.3. The van der Waals surface area contributed by atoms with E-state index >= 15 is 0 Å². The predicted molar refractivity (Wildman–Crippen MR) is 72.1 cm³/mol. The predicted octanol–water partition coefficient (Wildman–Crippen LogP) is 0.204. The van der Waals surface area contributed by atoms with Crippen molar-refractivity contribution in [2.75, 3.05) is 38.2 Å². The van der Waals surface area contributed by atoms with Crippen LogP contribution in [0.2, 0.25) is 0 Å². The van der Waals surface area contributed by atoms with Gasteiger partial charge in [-0.2, -0.15) is 4.31 Å². The third kappa shape index (κ3) is 3.47. The van der Waals surface area contributed by atoms with Crippen LogP contribution in [0.25, 0.3) is 0 Å². The average Bonchev–Trinajstić information content (AvgIpc) is 2.46. The van der Waals surface area contributed by atoms with Gasteiger partial charge in [0.1, 0.15) is 6.54 Å². The van der Waals surface area contributed by atoms with Gasteiger partial charge in [-0.3, -0.25) is 4.79 Å². The summed E-state index contributed by atoms with van der Waals surface area (Å²) in [6.07, 6.45) is 0. The zero-order chi connectivity index (χ0) is 14.6. The van der Waals surface area contributed by atoms with Crippen molar-refractivity contribution < 1.29 is 23.1 Å². The van der Waals surface area contributed by atoms with Gasteiger partial charge in [-0.05, 0) is 24.3 Å². The highest BCUT2D eigenvalue weighted by atomic mass is 32.2. The van der Waals surface area contributed by atoms with E-state index in [0.717, 1.165) is 0 Å². The monoisotopic (exact) mass is 300 g/mol. The van der Waals surface area contributed by atoms with Crippen molar-refractivity contribution in [2.24, 2.45) is 0 Å². The van der Waals surface area contributed by atoms with E-state index in [-0.39, 0.29) is 11.4 Å². The van der Waals surface area contributed by atoms with E-state index in [0.29, 0.717) is 32.0 Å². The molecule has 2 rings (SSSR count). The Morgan fingerprint density at radius 2 is 1.85 bits per heavy atom. The zero-order valence-electron chi connectivity index (χ0n) is 10.8. The van der Waals surface area contributed by atoms with Crippen LogP contribution in [0.3, 0.4) is 0 Å². The summed E-state index contributed by atoms with van der Waals surface area (Å²) in [5.74, 6) is -0.977. The number of hydrogen-bond acceptors (Lipinski definition) is 5. The number of hydrogen-bond donors (Lipinski definition) is 2. The van der Waals surface area contributed by atoms with Crippen LogP contribution in [0.4, 0.5) is 5.69 Å². The van der Waals surface area contributed by atoms with Crippen LogP contribution < -0.4 is 5.32 Å². The Bertz CT molecular complexity index is 564. The number of carboxylic acid groups (broad SMARTS) is 1. The summed E-state index contributed by atoms with van der Waals surface area (Å²) in [6, 6.07) is 6.04. The van der Waals surface area contributed by atoms with Crippen molar-refractivity contribution in [3.05, 3.63) is 24.3 Å². The molecule has 8 heteroatoms. The van der Waals surface area contributed by atoms with E-state index in [9.17, 15) is 13.2 Å². The lowest BCUT2D eigenvalue weighted by Gasteiger charge is -2.26. The first-order valence-corrected chi connectivity index (χ1v) is 7.58. The zero-order valence-corrected chi connectivity index (χ0v) is 11.6. The summed E-state index contributed by atoms with van der Waals surface area (Å²) in [7, 11) is -3.50. The Morgan fingerprint density at radius 1 is 1.25 bits per heavy atom. The molecule has 0 radical (unpaired) electrons. The molecule has 0 spiro atoms. The highest BCUT2D eigenvalue weighted by molar-refractivity contribution is 7.89. The fourth-order valence-corrected chi connectivity index (χ4v) is 3.27. The maximum absolute atomic E-state index is 12.3. The number of carboxylic acids is 1. The van der Waals surface area contributed by atoms with Gasteiger partial charge in [0.25, 0.3) is 0 Å². The number of ether oxygens (including phenoxy) is 1. The van der Waals surface area contributed by atoms with E-state index in [1.165, 1.54) is 16.4 Å². The number of nitrogens with one attached hydrogen (secondary N) is 1. The highest BCUT2D eigenvalue weighted by Crippen LogP contribution is 2.19. The first kappa shape index (κ1) is 14.8. The minimum Gasteiger partial charge on any atom is -0.480 e. The lowest BCUT2D eigenvalue weighted by Crippen LogP contribution is -2.40. The lowest BCUT2D eigenvalue weighted by molar-refractivity contribution is -0.134. The number of carbonyl (C=O) groups is 1. The summed E-state index contributed by atoms with van der Waals surface area (Å²) in [6.45, 7) is 1.28. The molecule has 0 bridgehead atoms. The first-order valence-electron chi connectivity index (χ1n) is 6.14. The second-order valence-corrected chi connectivity index (χ2v) is 6.23. The molecule has 0 aromatic heterocycles. The third-order valence-electron chi connectivity index (χ3n) is 2.91. The fourth-order valence-electron chi connectivity index (χ4n) is 1.86. The van der Waals surface area contributed by atoms with Crippen LogP contribution in [-0.4, -0.2) is 56.6 Å². The minimum atomic E-state index is -3.50. The maximum Gasteiger partial charge on any atom is 0.322 e. The molecule has 0 amide bonds. The quantitative estimate of drug-likeness (QED) is 0.806. The molecule has 1 aliphatic heterocycles. The molecule has 2 N–H and O–H groups in total. The molecule has 0 saturated carbocycles. The Labute approximate surface area is 117 Å². The van der Waals surface area contributed by atoms with Gasteiger partial charge in [-0.25, -0.2) is 8.42 Å². The summed E-state index contributed by atoms with van der Waals surface area (Å²) < 4.78 is 31.2. The summed E-state index contributed by atoms with van der Waals surface area (Å²) in [5.41, 5.74) is 0.563. The van der Waals surface area contributed by atoms with E-state index in [1.807, 2.05) is 0 Å². The largest absolute Gasteiger partial charge is 0.480 e. The molecule has 110 valence electrons. The van der Waals surface area contributed by atoms with Crippen molar-refractivity contribution in [1.82, 2.24) is 4.31 Å². The van der Waals surface area contributed by atoms with Gasteiger partial charge in [0.15, 0.2) is 0 Å². The molecule has 0 unspecified atom stereocenters. The average molecular weight is 300 g/mol. The molecule has 1 aromatic rings. The Kier molecular flexibility index (Phi) is 4.58. The molecule has 0 aliphatic carbocycles. The standard InChI is InChI=1S/C12H16N2O5S/c15-12(16)9-13-10-1-3-11(4-2-10)20(17,18)14-5-7-19-8-6-14/h1-4,13H,5-9H2,(H,15,16). The van der Waals surface area contributed by atoms with Crippen molar-refractivity contribution >= 4 is 21.7 Å². The molecule has 1 fully saturated rings. The topological polar surface area (TPSA) is 95.9 Å². The van der Waals surface area contributed by atoms with Gasteiger partial charge in [0, 0.05) is 18.8 Å². The number of rotatable bonds is 5. The summed E-state index contributed by atoms with van der Waals surface area (Å²) in [5, 5.41) is 11.2. The molecule has 1 aliphatic rings. The van der Waals surface area contributed by atoms with Crippen molar-refractivity contribution in [2.45, 2.75) is 4.90 Å². The van der Waals surface area contributed by atoms with Crippen molar-refractivity contribution in [3.63, 3.8) is 0 Å².